The molecule has 5 rings (SSSR count). The zero-order valence-corrected chi connectivity index (χ0v) is 19.6. The number of nitrogens with zero attached hydrogens (tertiary/aromatic N) is 4. The highest BCUT2D eigenvalue weighted by molar-refractivity contribution is 7.14. The monoisotopic (exact) mass is 472 g/mol. The molecule has 0 spiro atoms. The molecule has 0 atom stereocenters. The molecule has 1 amide bonds. The van der Waals surface area contributed by atoms with Crippen molar-refractivity contribution >= 4 is 51.1 Å². The van der Waals surface area contributed by atoms with Gasteiger partial charge in [0, 0.05) is 57.1 Å². The van der Waals surface area contributed by atoms with Crippen LogP contribution in [-0.4, -0.2) is 25.8 Å². The van der Waals surface area contributed by atoms with E-state index in [1.165, 1.54) is 0 Å². The Morgan fingerprint density at radius 3 is 2.42 bits per heavy atom. The van der Waals surface area contributed by atoms with Crippen molar-refractivity contribution < 1.29 is 4.79 Å². The van der Waals surface area contributed by atoms with Crippen molar-refractivity contribution in [2.24, 2.45) is 5.73 Å². The fourth-order valence-electron chi connectivity index (χ4n) is 3.71. The maximum atomic E-state index is 11.6. The lowest BCUT2D eigenvalue weighted by Gasteiger charge is -2.15. The van der Waals surface area contributed by atoms with Crippen molar-refractivity contribution in [3.63, 3.8) is 0 Å². The van der Waals surface area contributed by atoms with Crippen LogP contribution in [0.3, 0.4) is 0 Å². The zero-order chi connectivity index (χ0) is 22.9. The first-order valence-corrected chi connectivity index (χ1v) is 12.1. The molecule has 0 aliphatic rings. The van der Waals surface area contributed by atoms with Gasteiger partial charge in [0.1, 0.15) is 10.0 Å². The molecular formula is C24H20N6OS2. The van der Waals surface area contributed by atoms with Crippen LogP contribution in [0.5, 0.6) is 0 Å². The summed E-state index contributed by atoms with van der Waals surface area (Å²) >= 11 is 3.16. The Morgan fingerprint density at radius 1 is 1.00 bits per heavy atom. The van der Waals surface area contributed by atoms with Gasteiger partial charge in [0.2, 0.25) is 11.9 Å². The highest BCUT2D eigenvalue weighted by Crippen LogP contribution is 2.39. The number of anilines is 2. The minimum atomic E-state index is -0.448. The molecule has 0 radical (unpaired) electrons. The Hall–Kier alpha value is -3.69. The van der Waals surface area contributed by atoms with E-state index >= 15 is 0 Å². The average Bonchev–Trinajstić information content (AvgIpc) is 3.52. The van der Waals surface area contributed by atoms with Gasteiger partial charge in [-0.15, -0.1) is 22.7 Å². The van der Waals surface area contributed by atoms with E-state index in [-0.39, 0.29) is 5.92 Å². The van der Waals surface area contributed by atoms with Crippen LogP contribution >= 0.6 is 22.7 Å². The van der Waals surface area contributed by atoms with Crippen molar-refractivity contribution in [2.45, 2.75) is 19.8 Å². The molecule has 164 valence electrons. The molecule has 0 fully saturated rings. The lowest BCUT2D eigenvalue weighted by atomic mass is 9.98. The number of carbonyl (C=O) groups is 1. The molecule has 0 saturated heterocycles. The molecule has 0 bridgehead atoms. The van der Waals surface area contributed by atoms with Crippen molar-refractivity contribution in [1.82, 2.24) is 19.9 Å². The average molecular weight is 473 g/mol. The van der Waals surface area contributed by atoms with Crippen LogP contribution in [0.15, 0.2) is 59.7 Å². The lowest BCUT2D eigenvalue weighted by Crippen LogP contribution is -2.12. The Bertz CT molecular complexity index is 1450. The molecular weight excluding hydrogens is 452 g/mol. The van der Waals surface area contributed by atoms with Crippen LogP contribution in [0, 0.1) is 0 Å². The second kappa shape index (κ2) is 8.68. The first kappa shape index (κ1) is 21.2. The second-order valence-electron chi connectivity index (χ2n) is 7.74. The zero-order valence-electron chi connectivity index (χ0n) is 17.9. The van der Waals surface area contributed by atoms with Crippen molar-refractivity contribution in [1.29, 1.82) is 0 Å². The first-order chi connectivity index (χ1) is 16.0. The number of amides is 1. The van der Waals surface area contributed by atoms with E-state index in [1.807, 2.05) is 41.2 Å². The Kier molecular flexibility index (Phi) is 5.57. The molecule has 33 heavy (non-hydrogen) atoms. The highest BCUT2D eigenvalue weighted by atomic mass is 32.1. The van der Waals surface area contributed by atoms with E-state index in [0.717, 1.165) is 43.3 Å². The number of nitrogens with two attached hydrogens (primary N) is 1. The predicted molar refractivity (Wildman–Crippen MR) is 134 cm³/mol. The number of nitrogens with one attached hydrogen (secondary N) is 1. The molecule has 7 nitrogen and oxygen atoms in total. The number of thiazole rings is 2. The summed E-state index contributed by atoms with van der Waals surface area (Å²) in [5.74, 6) is 0.212. The van der Waals surface area contributed by atoms with Crippen LogP contribution in [0.2, 0.25) is 0 Å². The predicted octanol–water partition coefficient (Wildman–Crippen LogP) is 5.84. The minimum Gasteiger partial charge on any atom is -0.366 e. The number of benzene rings is 2. The molecule has 0 aliphatic heterocycles. The number of primary amides is 1. The van der Waals surface area contributed by atoms with Crippen LogP contribution in [0.25, 0.3) is 32.0 Å². The van der Waals surface area contributed by atoms with E-state index in [9.17, 15) is 4.79 Å². The van der Waals surface area contributed by atoms with Crippen LogP contribution in [0.1, 0.15) is 35.7 Å². The summed E-state index contributed by atoms with van der Waals surface area (Å²) in [7, 11) is 0. The first-order valence-electron chi connectivity index (χ1n) is 10.3. The van der Waals surface area contributed by atoms with E-state index in [1.54, 1.807) is 41.1 Å². The topological polar surface area (TPSA) is 107 Å². The number of aromatic nitrogens is 4. The van der Waals surface area contributed by atoms with Crippen molar-refractivity contribution in [3.8, 4) is 21.1 Å². The molecule has 9 heteroatoms. The number of carbonyl (C=O) groups excluding carboxylic acids is 1. The van der Waals surface area contributed by atoms with Crippen molar-refractivity contribution in [3.05, 3.63) is 70.8 Å². The summed E-state index contributed by atoms with van der Waals surface area (Å²) in [5, 5.41) is 9.98. The van der Waals surface area contributed by atoms with E-state index in [2.05, 4.69) is 34.1 Å². The van der Waals surface area contributed by atoms with Crippen LogP contribution < -0.4 is 11.1 Å². The summed E-state index contributed by atoms with van der Waals surface area (Å²) in [5.41, 5.74) is 10.5. The summed E-state index contributed by atoms with van der Waals surface area (Å²) in [6.45, 7) is 4.12. The molecule has 0 saturated carbocycles. The molecule has 0 unspecified atom stereocenters. The SMILES string of the molecule is CC(C)c1cc(C(N)=O)ccc1Nc1ncc2c(-c3nccs3)c(-c3nccs3)ccc2n1. The van der Waals surface area contributed by atoms with Gasteiger partial charge in [-0.25, -0.2) is 19.9 Å². The smallest absolute Gasteiger partial charge is 0.248 e. The fourth-order valence-corrected chi connectivity index (χ4v) is 5.09. The van der Waals surface area contributed by atoms with Gasteiger partial charge in [0.05, 0.1) is 5.52 Å². The Balaban J connectivity index is 1.59. The van der Waals surface area contributed by atoms with E-state index < -0.39 is 5.91 Å². The molecule has 3 N–H and O–H groups in total. The third-order valence-corrected chi connectivity index (χ3v) is 6.88. The number of fused-ring (bicyclic) bond motifs is 1. The third-order valence-electron chi connectivity index (χ3n) is 5.28. The Labute approximate surface area is 198 Å². The van der Waals surface area contributed by atoms with Gasteiger partial charge in [0.25, 0.3) is 0 Å². The van der Waals surface area contributed by atoms with Gasteiger partial charge < -0.3 is 11.1 Å². The maximum absolute atomic E-state index is 11.6. The summed E-state index contributed by atoms with van der Waals surface area (Å²) < 4.78 is 0. The fraction of sp³-hybridized carbons (Fsp3) is 0.125. The highest BCUT2D eigenvalue weighted by Gasteiger charge is 2.17. The maximum Gasteiger partial charge on any atom is 0.248 e. The lowest BCUT2D eigenvalue weighted by molar-refractivity contribution is 0.1000. The summed E-state index contributed by atoms with van der Waals surface area (Å²) in [6, 6.07) is 9.39. The van der Waals surface area contributed by atoms with Crippen LogP contribution in [0.4, 0.5) is 11.6 Å². The number of hydrogen-bond donors (Lipinski definition) is 2. The molecule has 3 heterocycles. The van der Waals surface area contributed by atoms with Gasteiger partial charge in [-0.2, -0.15) is 0 Å². The molecule has 3 aromatic heterocycles. The van der Waals surface area contributed by atoms with Crippen LogP contribution in [-0.2, 0) is 0 Å². The normalized spacial score (nSPS) is 11.2. The largest absolute Gasteiger partial charge is 0.366 e. The van der Waals surface area contributed by atoms with Gasteiger partial charge in [-0.1, -0.05) is 13.8 Å². The molecule has 5 aromatic rings. The number of hydrogen-bond acceptors (Lipinski definition) is 8. The van der Waals surface area contributed by atoms with Gasteiger partial charge >= 0.3 is 0 Å². The summed E-state index contributed by atoms with van der Waals surface area (Å²) in [6.07, 6.45) is 5.42. The third kappa shape index (κ3) is 4.08. The summed E-state index contributed by atoms with van der Waals surface area (Å²) in [4.78, 5) is 30.0. The van der Waals surface area contributed by atoms with E-state index in [4.69, 9.17) is 10.7 Å². The standard InChI is InChI=1S/C24H20N6OS2/c1-13(2)16-11-14(21(25)31)3-5-18(16)29-24-28-12-17-19(30-24)6-4-15(22-26-7-9-32-22)20(17)23-27-8-10-33-23/h3-13H,1-2H3,(H2,25,31)(H,28,29,30). The number of rotatable bonds is 6. The quantitative estimate of drug-likeness (QED) is 0.321. The van der Waals surface area contributed by atoms with E-state index in [0.29, 0.717) is 11.5 Å². The molecule has 2 aromatic carbocycles. The van der Waals surface area contributed by atoms with Gasteiger partial charge in [-0.3, -0.25) is 4.79 Å². The Morgan fingerprint density at radius 2 is 1.76 bits per heavy atom. The van der Waals surface area contributed by atoms with Gasteiger partial charge in [0.15, 0.2) is 0 Å². The minimum absolute atomic E-state index is 0.185. The van der Waals surface area contributed by atoms with Gasteiger partial charge in [-0.05, 0) is 41.8 Å². The molecule has 0 aliphatic carbocycles. The second-order valence-corrected chi connectivity index (χ2v) is 9.52. The van der Waals surface area contributed by atoms with Crippen molar-refractivity contribution in [2.75, 3.05) is 5.32 Å².